The van der Waals surface area contributed by atoms with E-state index in [1.165, 1.54) is 47.8 Å². The number of benzene rings is 2. The molecule has 0 saturated heterocycles. The molecular formula is C20H19N3O5S. The van der Waals surface area contributed by atoms with E-state index in [2.05, 4.69) is 10.3 Å². The van der Waals surface area contributed by atoms with Gasteiger partial charge in [-0.3, -0.25) is 20.2 Å². The molecule has 0 unspecified atom stereocenters. The zero-order valence-electron chi connectivity index (χ0n) is 16.1. The molecule has 1 heterocycles. The highest BCUT2D eigenvalue weighted by atomic mass is 32.1. The number of nitro benzene ring substituents is 1. The van der Waals surface area contributed by atoms with Gasteiger partial charge in [-0.05, 0) is 37.1 Å². The fraction of sp³-hybridized carbons (Fsp3) is 0.200. The third kappa shape index (κ3) is 4.88. The molecule has 3 aromatic rings. The summed E-state index contributed by atoms with van der Waals surface area (Å²) >= 11 is 1.31. The van der Waals surface area contributed by atoms with Crippen molar-refractivity contribution in [1.29, 1.82) is 0 Å². The number of hydrogen-bond donors (Lipinski definition) is 1. The number of hydrogen-bond acceptors (Lipinski definition) is 7. The van der Waals surface area contributed by atoms with Gasteiger partial charge < -0.3 is 9.47 Å². The number of nitro groups is 1. The average molecular weight is 413 g/mol. The SMILES string of the molecule is COc1ccc([N+](=O)[O-])cc1OCC(=O)Nc1nc(-c2ccc(C)c(C)c2)cs1. The smallest absolute Gasteiger partial charge is 0.273 e. The first-order chi connectivity index (χ1) is 13.9. The van der Waals surface area contributed by atoms with Crippen molar-refractivity contribution in [3.63, 3.8) is 0 Å². The Morgan fingerprint density at radius 1 is 1.17 bits per heavy atom. The molecule has 0 fully saturated rings. The number of carbonyl (C=O) groups excluding carboxylic acids is 1. The van der Waals surface area contributed by atoms with Crippen molar-refractivity contribution in [1.82, 2.24) is 4.98 Å². The molecule has 1 N–H and O–H groups in total. The van der Waals surface area contributed by atoms with Crippen LogP contribution in [0.25, 0.3) is 11.3 Å². The van der Waals surface area contributed by atoms with Crippen molar-refractivity contribution in [2.45, 2.75) is 13.8 Å². The molecule has 1 aromatic heterocycles. The van der Waals surface area contributed by atoms with Gasteiger partial charge in [0.1, 0.15) is 0 Å². The Labute approximate surface area is 171 Å². The van der Waals surface area contributed by atoms with Gasteiger partial charge in [-0.25, -0.2) is 4.98 Å². The summed E-state index contributed by atoms with van der Waals surface area (Å²) in [7, 11) is 1.41. The highest BCUT2D eigenvalue weighted by molar-refractivity contribution is 7.14. The van der Waals surface area contributed by atoms with Gasteiger partial charge in [-0.15, -0.1) is 11.3 Å². The zero-order valence-corrected chi connectivity index (χ0v) is 16.9. The first kappa shape index (κ1) is 20.3. The summed E-state index contributed by atoms with van der Waals surface area (Å²) in [5, 5.41) is 15.9. The molecule has 0 spiro atoms. The van der Waals surface area contributed by atoms with Crippen LogP contribution in [0, 0.1) is 24.0 Å². The number of thiazole rings is 1. The Kier molecular flexibility index (Phi) is 6.08. The molecule has 2 aromatic carbocycles. The van der Waals surface area contributed by atoms with Gasteiger partial charge in [0, 0.05) is 17.0 Å². The van der Waals surface area contributed by atoms with Crippen LogP contribution in [-0.2, 0) is 4.79 Å². The topological polar surface area (TPSA) is 104 Å². The number of amides is 1. The van der Waals surface area contributed by atoms with Crippen LogP contribution in [0.15, 0.2) is 41.8 Å². The molecule has 0 aliphatic rings. The van der Waals surface area contributed by atoms with Gasteiger partial charge in [0.15, 0.2) is 23.2 Å². The number of nitrogens with one attached hydrogen (secondary N) is 1. The van der Waals surface area contributed by atoms with Crippen LogP contribution in [0.2, 0.25) is 0 Å². The number of aryl methyl sites for hydroxylation is 2. The minimum Gasteiger partial charge on any atom is -0.493 e. The van der Waals surface area contributed by atoms with E-state index in [1.54, 1.807) is 0 Å². The van der Waals surface area contributed by atoms with Gasteiger partial charge >= 0.3 is 0 Å². The van der Waals surface area contributed by atoms with E-state index in [4.69, 9.17) is 9.47 Å². The molecule has 29 heavy (non-hydrogen) atoms. The van der Waals surface area contributed by atoms with Gasteiger partial charge in [-0.1, -0.05) is 12.1 Å². The Morgan fingerprint density at radius 2 is 1.97 bits per heavy atom. The number of non-ortho nitro benzene ring substituents is 1. The van der Waals surface area contributed by atoms with Crippen molar-refractivity contribution >= 4 is 28.1 Å². The summed E-state index contributed by atoms with van der Waals surface area (Å²) < 4.78 is 10.5. The minimum atomic E-state index is -0.545. The highest BCUT2D eigenvalue weighted by Crippen LogP contribution is 2.31. The molecule has 0 bridgehead atoms. The lowest BCUT2D eigenvalue weighted by molar-refractivity contribution is -0.385. The summed E-state index contributed by atoms with van der Waals surface area (Å²) in [5.74, 6) is -0.0129. The maximum atomic E-state index is 12.2. The van der Waals surface area contributed by atoms with E-state index in [0.29, 0.717) is 10.9 Å². The first-order valence-electron chi connectivity index (χ1n) is 8.65. The number of anilines is 1. The largest absolute Gasteiger partial charge is 0.493 e. The van der Waals surface area contributed by atoms with Gasteiger partial charge in [-0.2, -0.15) is 0 Å². The predicted molar refractivity (Wildman–Crippen MR) is 111 cm³/mol. The normalized spacial score (nSPS) is 10.4. The van der Waals surface area contributed by atoms with Crippen LogP contribution in [-0.4, -0.2) is 29.5 Å². The second kappa shape index (κ2) is 8.70. The second-order valence-corrected chi connectivity index (χ2v) is 7.12. The Balaban J connectivity index is 1.65. The standard InChI is InChI=1S/C20H19N3O5S/c1-12-4-5-14(8-13(12)2)16-11-29-20(21-16)22-19(24)10-28-18-9-15(23(25)26)6-7-17(18)27-3/h4-9,11H,10H2,1-3H3,(H,21,22,24). The van der Waals surface area contributed by atoms with E-state index in [9.17, 15) is 14.9 Å². The lowest BCUT2D eigenvalue weighted by Gasteiger charge is -2.10. The van der Waals surface area contributed by atoms with Crippen LogP contribution in [0.3, 0.4) is 0 Å². The maximum absolute atomic E-state index is 12.2. The van der Waals surface area contributed by atoms with Crippen molar-refractivity contribution in [3.05, 3.63) is 63.0 Å². The second-order valence-electron chi connectivity index (χ2n) is 6.27. The average Bonchev–Trinajstić information content (AvgIpc) is 3.16. The fourth-order valence-electron chi connectivity index (χ4n) is 2.55. The summed E-state index contributed by atoms with van der Waals surface area (Å²) in [4.78, 5) is 27.0. The quantitative estimate of drug-likeness (QED) is 0.456. The lowest BCUT2D eigenvalue weighted by Crippen LogP contribution is -2.20. The predicted octanol–water partition coefficient (Wildman–Crippen LogP) is 4.36. The van der Waals surface area contributed by atoms with Crippen molar-refractivity contribution in [2.24, 2.45) is 0 Å². The Hall–Kier alpha value is -3.46. The van der Waals surface area contributed by atoms with E-state index in [-0.39, 0.29) is 18.0 Å². The molecule has 8 nitrogen and oxygen atoms in total. The molecule has 0 aliphatic heterocycles. The Morgan fingerprint density at radius 3 is 2.66 bits per heavy atom. The molecule has 150 valence electrons. The molecule has 0 saturated carbocycles. The van der Waals surface area contributed by atoms with Crippen LogP contribution < -0.4 is 14.8 Å². The number of rotatable bonds is 7. The van der Waals surface area contributed by atoms with Gasteiger partial charge in [0.05, 0.1) is 23.8 Å². The maximum Gasteiger partial charge on any atom is 0.273 e. The number of carbonyl (C=O) groups is 1. The van der Waals surface area contributed by atoms with Crippen LogP contribution in [0.4, 0.5) is 10.8 Å². The lowest BCUT2D eigenvalue weighted by atomic mass is 10.1. The highest BCUT2D eigenvalue weighted by Gasteiger charge is 2.15. The number of aromatic nitrogens is 1. The summed E-state index contributed by atoms with van der Waals surface area (Å²) in [6.45, 7) is 3.74. The number of methoxy groups -OCH3 is 1. The van der Waals surface area contributed by atoms with Gasteiger partial charge in [0.25, 0.3) is 11.6 Å². The molecule has 9 heteroatoms. The minimum absolute atomic E-state index is 0.117. The summed E-state index contributed by atoms with van der Waals surface area (Å²) in [6, 6.07) is 10.0. The van der Waals surface area contributed by atoms with Crippen molar-refractivity contribution in [2.75, 3.05) is 19.0 Å². The third-order valence-electron chi connectivity index (χ3n) is 4.27. The van der Waals surface area contributed by atoms with E-state index < -0.39 is 10.8 Å². The third-order valence-corrected chi connectivity index (χ3v) is 5.03. The number of ether oxygens (including phenoxy) is 2. The van der Waals surface area contributed by atoms with E-state index >= 15 is 0 Å². The summed E-state index contributed by atoms with van der Waals surface area (Å²) in [5.41, 5.74) is 3.96. The van der Waals surface area contributed by atoms with E-state index in [0.717, 1.165) is 11.3 Å². The fourth-order valence-corrected chi connectivity index (χ4v) is 3.29. The van der Waals surface area contributed by atoms with Crippen molar-refractivity contribution < 1.29 is 19.2 Å². The van der Waals surface area contributed by atoms with Crippen LogP contribution in [0.1, 0.15) is 11.1 Å². The van der Waals surface area contributed by atoms with E-state index in [1.807, 2.05) is 37.4 Å². The first-order valence-corrected chi connectivity index (χ1v) is 9.53. The molecule has 0 atom stereocenters. The zero-order chi connectivity index (χ0) is 21.0. The molecular weight excluding hydrogens is 394 g/mol. The van der Waals surface area contributed by atoms with Gasteiger partial charge in [0.2, 0.25) is 0 Å². The summed E-state index contributed by atoms with van der Waals surface area (Å²) in [6.07, 6.45) is 0. The molecule has 3 rings (SSSR count). The van der Waals surface area contributed by atoms with Crippen LogP contribution >= 0.6 is 11.3 Å². The number of nitrogens with zero attached hydrogens (tertiary/aromatic N) is 2. The van der Waals surface area contributed by atoms with Crippen molar-refractivity contribution in [3.8, 4) is 22.8 Å². The monoisotopic (exact) mass is 413 g/mol. The Bertz CT molecular complexity index is 1060. The molecule has 0 aliphatic carbocycles. The van der Waals surface area contributed by atoms with Crippen LogP contribution in [0.5, 0.6) is 11.5 Å². The molecule has 0 radical (unpaired) electrons. The molecule has 1 amide bonds.